The fourth-order valence-corrected chi connectivity index (χ4v) is 2.06. The molecule has 2 aromatic rings. The van der Waals surface area contributed by atoms with E-state index in [9.17, 15) is 24.8 Å². The first-order valence-corrected chi connectivity index (χ1v) is 7.63. The number of phenols is 1. The quantitative estimate of drug-likeness (QED) is 0.300. The number of benzene rings is 2. The highest BCUT2D eigenvalue weighted by molar-refractivity contribution is 6.35. The Morgan fingerprint density at radius 3 is 2.59 bits per heavy atom. The minimum atomic E-state index is -0.998. The Labute approximate surface area is 153 Å². The highest BCUT2D eigenvalue weighted by Crippen LogP contribution is 2.36. The lowest BCUT2D eigenvalue weighted by Crippen LogP contribution is -2.37. The molecule has 0 spiro atoms. The molecule has 0 unspecified atom stereocenters. The molecule has 0 atom stereocenters. The van der Waals surface area contributed by atoms with Gasteiger partial charge in [0.15, 0.2) is 5.75 Å². The van der Waals surface area contributed by atoms with Gasteiger partial charge in [-0.3, -0.25) is 19.7 Å². The minimum Gasteiger partial charge on any atom is -0.500 e. The number of nitro benzene ring substituents is 1. The first-order chi connectivity index (χ1) is 12.9. The monoisotopic (exact) mass is 372 g/mol. The zero-order valence-electron chi connectivity index (χ0n) is 14.2. The number of hydrazone groups is 1. The van der Waals surface area contributed by atoms with Gasteiger partial charge < -0.3 is 15.2 Å². The minimum absolute atomic E-state index is 0.127. The maximum absolute atomic E-state index is 11.7. The molecule has 3 N–H and O–H groups in total. The van der Waals surface area contributed by atoms with Crippen molar-refractivity contribution in [1.29, 1.82) is 0 Å². The van der Waals surface area contributed by atoms with Crippen molar-refractivity contribution in [3.63, 3.8) is 0 Å². The first-order valence-electron chi connectivity index (χ1n) is 7.63. The van der Waals surface area contributed by atoms with Crippen LogP contribution >= 0.6 is 0 Å². The Kier molecular flexibility index (Phi) is 6.42. The van der Waals surface area contributed by atoms with E-state index in [0.29, 0.717) is 0 Å². The van der Waals surface area contributed by atoms with Gasteiger partial charge in [-0.25, -0.2) is 5.43 Å². The first kappa shape index (κ1) is 19.4. The van der Waals surface area contributed by atoms with Crippen LogP contribution in [0, 0.1) is 10.1 Å². The summed E-state index contributed by atoms with van der Waals surface area (Å²) in [5, 5.41) is 26.6. The number of rotatable bonds is 6. The lowest BCUT2D eigenvalue weighted by molar-refractivity contribution is -0.386. The third-order valence-corrected chi connectivity index (χ3v) is 3.38. The van der Waals surface area contributed by atoms with E-state index in [0.717, 1.165) is 17.8 Å². The van der Waals surface area contributed by atoms with Crippen molar-refractivity contribution in [3.05, 3.63) is 63.7 Å². The van der Waals surface area contributed by atoms with Crippen molar-refractivity contribution < 1.29 is 24.4 Å². The molecule has 0 fully saturated rings. The van der Waals surface area contributed by atoms with Crippen LogP contribution in [0.4, 0.5) is 5.69 Å². The number of nitrogens with zero attached hydrogens (tertiary/aromatic N) is 2. The molecular formula is C17H16N4O6. The zero-order chi connectivity index (χ0) is 19.8. The fourth-order valence-electron chi connectivity index (χ4n) is 2.06. The van der Waals surface area contributed by atoms with E-state index in [4.69, 9.17) is 4.74 Å². The van der Waals surface area contributed by atoms with Crippen molar-refractivity contribution in [2.24, 2.45) is 5.10 Å². The molecule has 2 amide bonds. The average Bonchev–Trinajstić information content (AvgIpc) is 2.67. The third-order valence-electron chi connectivity index (χ3n) is 3.38. The van der Waals surface area contributed by atoms with Crippen molar-refractivity contribution in [2.45, 2.75) is 6.54 Å². The molecule has 0 heterocycles. The predicted octanol–water partition coefficient (Wildman–Crippen LogP) is 1.08. The smallest absolute Gasteiger partial charge is 0.329 e. The molecule has 10 heteroatoms. The summed E-state index contributed by atoms with van der Waals surface area (Å²) < 4.78 is 4.85. The number of phenolic OH excluding ortho intramolecular Hbond substituents is 1. The second-order valence-corrected chi connectivity index (χ2v) is 5.22. The van der Waals surface area contributed by atoms with Crippen LogP contribution in [-0.2, 0) is 16.1 Å². The lowest BCUT2D eigenvalue weighted by Gasteiger charge is -2.05. The fraction of sp³-hybridized carbons (Fsp3) is 0.118. The molecular weight excluding hydrogens is 356 g/mol. The van der Waals surface area contributed by atoms with Gasteiger partial charge in [0.1, 0.15) is 0 Å². The van der Waals surface area contributed by atoms with Gasteiger partial charge in [0.25, 0.3) is 0 Å². The Morgan fingerprint density at radius 1 is 1.26 bits per heavy atom. The van der Waals surface area contributed by atoms with Crippen molar-refractivity contribution >= 4 is 23.7 Å². The highest BCUT2D eigenvalue weighted by atomic mass is 16.6. The third kappa shape index (κ3) is 5.26. The van der Waals surface area contributed by atoms with Crippen LogP contribution in [0.25, 0.3) is 0 Å². The number of ether oxygens (including phenoxy) is 1. The van der Waals surface area contributed by atoms with E-state index in [1.165, 1.54) is 13.2 Å². The van der Waals surface area contributed by atoms with Crippen LogP contribution in [-0.4, -0.2) is 35.2 Å². The molecule has 27 heavy (non-hydrogen) atoms. The van der Waals surface area contributed by atoms with E-state index in [1.54, 1.807) is 24.3 Å². The molecule has 0 aromatic heterocycles. The largest absolute Gasteiger partial charge is 0.500 e. The number of amides is 2. The van der Waals surface area contributed by atoms with Crippen LogP contribution < -0.4 is 15.5 Å². The summed E-state index contributed by atoms with van der Waals surface area (Å²) in [6.45, 7) is 0.179. The van der Waals surface area contributed by atoms with Crippen LogP contribution in [0.1, 0.15) is 11.1 Å². The molecule has 0 bridgehead atoms. The van der Waals surface area contributed by atoms with Gasteiger partial charge in [-0.15, -0.1) is 0 Å². The summed E-state index contributed by atoms with van der Waals surface area (Å²) in [6, 6.07) is 11.3. The summed E-state index contributed by atoms with van der Waals surface area (Å²) >= 11 is 0. The van der Waals surface area contributed by atoms with Crippen molar-refractivity contribution in [1.82, 2.24) is 10.7 Å². The standard InChI is InChI=1S/C17H16N4O6/c1-27-14-8-12(7-13(15(14)22)21(25)26)10-19-20-17(24)16(23)18-9-11-5-3-2-4-6-11/h2-8,10,22H,9H2,1H3,(H,18,23)(H,20,24)/b19-10-. The maximum Gasteiger partial charge on any atom is 0.329 e. The SMILES string of the molecule is COc1cc(/C=N\NC(=O)C(=O)NCc2ccccc2)cc([N+](=O)[O-])c1O. The van der Waals surface area contributed by atoms with Crippen molar-refractivity contribution in [3.8, 4) is 11.5 Å². The number of aromatic hydroxyl groups is 1. The van der Waals surface area contributed by atoms with E-state index < -0.39 is 28.2 Å². The number of carbonyl (C=O) groups excluding carboxylic acids is 2. The van der Waals surface area contributed by atoms with Gasteiger partial charge in [-0.05, 0) is 11.6 Å². The predicted molar refractivity (Wildman–Crippen MR) is 95.3 cm³/mol. The molecule has 0 saturated carbocycles. The summed E-state index contributed by atoms with van der Waals surface area (Å²) in [4.78, 5) is 33.5. The van der Waals surface area contributed by atoms with Crippen LogP contribution in [0.5, 0.6) is 11.5 Å². The van der Waals surface area contributed by atoms with Crippen molar-refractivity contribution in [2.75, 3.05) is 7.11 Å². The van der Waals surface area contributed by atoms with Gasteiger partial charge in [0.05, 0.1) is 18.2 Å². The normalized spacial score (nSPS) is 10.4. The Bertz CT molecular complexity index is 882. The molecule has 0 aliphatic heterocycles. The van der Waals surface area contributed by atoms with Gasteiger partial charge >= 0.3 is 17.5 Å². The number of nitrogens with one attached hydrogen (secondary N) is 2. The number of carbonyl (C=O) groups is 2. The number of hydrogen-bond donors (Lipinski definition) is 3. The van der Waals surface area contributed by atoms with Gasteiger partial charge in [0, 0.05) is 18.2 Å². The van der Waals surface area contributed by atoms with Crippen LogP contribution in [0.15, 0.2) is 47.6 Å². The van der Waals surface area contributed by atoms with E-state index in [-0.39, 0.29) is 17.9 Å². The molecule has 0 radical (unpaired) electrons. The van der Waals surface area contributed by atoms with E-state index in [2.05, 4.69) is 10.4 Å². The number of methoxy groups -OCH3 is 1. The summed E-state index contributed by atoms with van der Waals surface area (Å²) in [5.41, 5.74) is 2.44. The molecule has 10 nitrogen and oxygen atoms in total. The number of nitro groups is 1. The van der Waals surface area contributed by atoms with Gasteiger partial charge in [-0.2, -0.15) is 5.10 Å². The molecule has 140 valence electrons. The Balaban J connectivity index is 1.98. The lowest BCUT2D eigenvalue weighted by atomic mass is 10.2. The average molecular weight is 372 g/mol. The summed E-state index contributed by atoms with van der Waals surface area (Å²) in [6.07, 6.45) is 1.08. The zero-order valence-corrected chi connectivity index (χ0v) is 14.2. The second-order valence-electron chi connectivity index (χ2n) is 5.22. The highest BCUT2D eigenvalue weighted by Gasteiger charge is 2.19. The summed E-state index contributed by atoms with van der Waals surface area (Å²) in [7, 11) is 1.23. The van der Waals surface area contributed by atoms with E-state index in [1.807, 2.05) is 11.5 Å². The Morgan fingerprint density at radius 2 is 1.96 bits per heavy atom. The molecule has 2 rings (SSSR count). The van der Waals surface area contributed by atoms with Crippen LogP contribution in [0.2, 0.25) is 0 Å². The van der Waals surface area contributed by atoms with Gasteiger partial charge in [-0.1, -0.05) is 30.3 Å². The molecule has 0 saturated heterocycles. The number of hydrogen-bond acceptors (Lipinski definition) is 7. The molecule has 0 aliphatic rings. The van der Waals surface area contributed by atoms with Crippen LogP contribution in [0.3, 0.4) is 0 Å². The molecule has 2 aromatic carbocycles. The maximum atomic E-state index is 11.7. The summed E-state index contributed by atoms with van der Waals surface area (Å²) in [5.74, 6) is -2.63. The topological polar surface area (TPSA) is 143 Å². The second kappa shape index (κ2) is 8.94. The van der Waals surface area contributed by atoms with Gasteiger partial charge in [0.2, 0.25) is 5.75 Å². The molecule has 0 aliphatic carbocycles. The Hall–Kier alpha value is -3.95. The van der Waals surface area contributed by atoms with E-state index >= 15 is 0 Å².